The summed E-state index contributed by atoms with van der Waals surface area (Å²) in [5, 5.41) is 0. The lowest BCUT2D eigenvalue weighted by atomic mass is 10.4. The van der Waals surface area contributed by atoms with Crippen molar-refractivity contribution in [1.29, 1.82) is 0 Å². The quantitative estimate of drug-likeness (QED) is 0.379. The number of esters is 2. The fraction of sp³-hybridized carbons (Fsp3) is 0.400. The van der Waals surface area contributed by atoms with E-state index >= 15 is 0 Å². The summed E-state index contributed by atoms with van der Waals surface area (Å²) in [5.41, 5.74) is 0. The molecule has 0 N–H and O–H groups in total. The smallest absolute Gasteiger partial charge is 0.338 e. The van der Waals surface area contributed by atoms with Crippen LogP contribution in [0.3, 0.4) is 0 Å². The van der Waals surface area contributed by atoms with Gasteiger partial charge in [-0.2, -0.15) is 0 Å². The summed E-state index contributed by atoms with van der Waals surface area (Å²) in [5.74, 6) is -1.24. The Bertz CT molecular complexity index is 202. The van der Waals surface area contributed by atoms with Crippen LogP contribution in [0.4, 0.5) is 0 Å². The second kappa shape index (κ2) is 7.28. The largest absolute Gasteiger partial charge is 0.387 e. The second-order valence-corrected chi connectivity index (χ2v) is 2.36. The molecule has 3 heteroatoms. The maximum absolute atomic E-state index is 10.8. The fourth-order valence-electron chi connectivity index (χ4n) is 0.595. The van der Waals surface area contributed by atoms with Crippen molar-refractivity contribution in [1.82, 2.24) is 0 Å². The number of hydrogen-bond donors (Lipinski definition) is 0. The molecule has 0 heterocycles. The minimum atomic E-state index is -0.618. The van der Waals surface area contributed by atoms with Gasteiger partial charge in [0.1, 0.15) is 0 Å². The maximum Gasteiger partial charge on any atom is 0.338 e. The predicted octanol–water partition coefficient (Wildman–Crippen LogP) is 1.99. The van der Waals surface area contributed by atoms with Gasteiger partial charge in [0.2, 0.25) is 0 Å². The van der Waals surface area contributed by atoms with Crippen LogP contribution < -0.4 is 0 Å². The molecule has 0 aliphatic heterocycles. The zero-order chi connectivity index (χ0) is 10.1. The van der Waals surface area contributed by atoms with Crippen molar-refractivity contribution in [2.75, 3.05) is 0 Å². The Morgan fingerprint density at radius 2 is 1.38 bits per heavy atom. The molecule has 0 aliphatic carbocycles. The normalized spacial score (nSPS) is 10.9. The van der Waals surface area contributed by atoms with E-state index in [4.69, 9.17) is 0 Å². The van der Waals surface area contributed by atoms with Crippen LogP contribution >= 0.6 is 0 Å². The minimum absolute atomic E-state index is 0.618. The third kappa shape index (κ3) is 7.00. The third-order valence-electron chi connectivity index (χ3n) is 1.18. The van der Waals surface area contributed by atoms with E-state index in [1.165, 1.54) is 12.2 Å². The van der Waals surface area contributed by atoms with E-state index in [9.17, 15) is 9.59 Å². The van der Waals surface area contributed by atoms with Gasteiger partial charge >= 0.3 is 11.9 Å². The van der Waals surface area contributed by atoms with E-state index in [0.29, 0.717) is 0 Å². The molecule has 3 nitrogen and oxygen atoms in total. The summed E-state index contributed by atoms with van der Waals surface area (Å²) in [6, 6.07) is 0. The number of carbonyl (C=O) groups is 2. The topological polar surface area (TPSA) is 43.4 Å². The molecule has 0 fully saturated rings. The molecular formula is C10H14O3. The van der Waals surface area contributed by atoms with Crippen LogP contribution in [0.1, 0.15) is 26.7 Å². The van der Waals surface area contributed by atoms with Gasteiger partial charge in [-0.15, -0.1) is 0 Å². The Balaban J connectivity index is 3.85. The van der Waals surface area contributed by atoms with E-state index in [1.54, 1.807) is 12.2 Å². The summed E-state index contributed by atoms with van der Waals surface area (Å²) >= 11 is 0. The van der Waals surface area contributed by atoms with Gasteiger partial charge in [0, 0.05) is 12.2 Å². The first-order valence-corrected chi connectivity index (χ1v) is 4.29. The number of allylic oxidation sites excluding steroid dienone is 2. The van der Waals surface area contributed by atoms with Gasteiger partial charge < -0.3 is 4.74 Å². The molecule has 72 valence electrons. The van der Waals surface area contributed by atoms with E-state index < -0.39 is 11.9 Å². The van der Waals surface area contributed by atoms with E-state index in [0.717, 1.165) is 12.8 Å². The molecule has 0 aromatic heterocycles. The van der Waals surface area contributed by atoms with Crippen LogP contribution in [0.5, 0.6) is 0 Å². The van der Waals surface area contributed by atoms with E-state index in [2.05, 4.69) is 4.74 Å². The Hall–Kier alpha value is -1.38. The van der Waals surface area contributed by atoms with E-state index in [-0.39, 0.29) is 0 Å². The summed E-state index contributed by atoms with van der Waals surface area (Å²) in [7, 11) is 0. The van der Waals surface area contributed by atoms with E-state index in [1.807, 2.05) is 13.8 Å². The molecule has 0 unspecified atom stereocenters. The molecular weight excluding hydrogens is 168 g/mol. The van der Waals surface area contributed by atoms with Crippen LogP contribution in [0, 0.1) is 0 Å². The Morgan fingerprint density at radius 1 is 1.00 bits per heavy atom. The highest BCUT2D eigenvalue weighted by molar-refractivity contribution is 5.96. The summed E-state index contributed by atoms with van der Waals surface area (Å²) < 4.78 is 4.40. The van der Waals surface area contributed by atoms with Gasteiger partial charge in [-0.3, -0.25) is 0 Å². The zero-order valence-electron chi connectivity index (χ0n) is 7.95. The highest BCUT2D eigenvalue weighted by Crippen LogP contribution is 1.88. The Labute approximate surface area is 78.1 Å². The predicted molar refractivity (Wildman–Crippen MR) is 50.0 cm³/mol. The molecule has 0 aromatic rings. The number of hydrogen-bond acceptors (Lipinski definition) is 3. The van der Waals surface area contributed by atoms with Crippen molar-refractivity contribution in [3.8, 4) is 0 Å². The van der Waals surface area contributed by atoms with Crippen molar-refractivity contribution >= 4 is 11.9 Å². The SMILES string of the molecule is CC/C=C/C(=O)OC(=O)/C=C/CC. The Kier molecular flexibility index (Phi) is 6.51. The van der Waals surface area contributed by atoms with Crippen molar-refractivity contribution in [3.05, 3.63) is 24.3 Å². The van der Waals surface area contributed by atoms with Crippen LogP contribution in [0.2, 0.25) is 0 Å². The van der Waals surface area contributed by atoms with Crippen molar-refractivity contribution in [2.24, 2.45) is 0 Å². The molecule has 0 atom stereocenters. The molecule has 0 rings (SSSR count). The van der Waals surface area contributed by atoms with Gasteiger partial charge in [0.15, 0.2) is 0 Å². The van der Waals surface area contributed by atoms with Gasteiger partial charge in [-0.05, 0) is 12.8 Å². The van der Waals surface area contributed by atoms with Gasteiger partial charge in [-0.25, -0.2) is 9.59 Å². The maximum atomic E-state index is 10.8. The zero-order valence-corrected chi connectivity index (χ0v) is 7.95. The van der Waals surface area contributed by atoms with Crippen molar-refractivity contribution in [3.63, 3.8) is 0 Å². The lowest BCUT2D eigenvalue weighted by Crippen LogP contribution is -2.06. The molecule has 0 radical (unpaired) electrons. The monoisotopic (exact) mass is 182 g/mol. The molecule has 0 bridgehead atoms. The molecule has 13 heavy (non-hydrogen) atoms. The first-order valence-electron chi connectivity index (χ1n) is 4.29. The highest BCUT2D eigenvalue weighted by Gasteiger charge is 2.01. The summed E-state index contributed by atoms with van der Waals surface area (Å²) in [6.45, 7) is 3.78. The number of rotatable bonds is 4. The third-order valence-corrected chi connectivity index (χ3v) is 1.18. The molecule has 0 aliphatic rings. The average molecular weight is 182 g/mol. The Morgan fingerprint density at radius 3 is 1.69 bits per heavy atom. The van der Waals surface area contributed by atoms with Crippen LogP contribution in [-0.2, 0) is 14.3 Å². The standard InChI is InChI=1S/C10H14O3/c1-3-5-7-9(11)13-10(12)8-6-4-2/h5-8H,3-4H2,1-2H3/b7-5+,8-6+. The van der Waals surface area contributed by atoms with Crippen molar-refractivity contribution in [2.45, 2.75) is 26.7 Å². The molecule has 0 spiro atoms. The van der Waals surface area contributed by atoms with Crippen LogP contribution in [0.25, 0.3) is 0 Å². The van der Waals surface area contributed by atoms with Crippen LogP contribution in [-0.4, -0.2) is 11.9 Å². The second-order valence-electron chi connectivity index (χ2n) is 2.36. The van der Waals surface area contributed by atoms with Crippen LogP contribution in [0.15, 0.2) is 24.3 Å². The molecule has 0 amide bonds. The lowest BCUT2D eigenvalue weighted by Gasteiger charge is -1.93. The molecule has 0 aromatic carbocycles. The molecule has 0 saturated carbocycles. The summed E-state index contributed by atoms with van der Waals surface area (Å²) in [4.78, 5) is 21.6. The average Bonchev–Trinajstić information content (AvgIpc) is 2.11. The number of carbonyl (C=O) groups excluding carboxylic acids is 2. The summed E-state index contributed by atoms with van der Waals surface area (Å²) in [6.07, 6.45) is 7.26. The minimum Gasteiger partial charge on any atom is -0.387 e. The first kappa shape index (κ1) is 11.6. The van der Waals surface area contributed by atoms with Gasteiger partial charge in [-0.1, -0.05) is 26.0 Å². The van der Waals surface area contributed by atoms with Gasteiger partial charge in [0.05, 0.1) is 0 Å². The fourth-order valence-corrected chi connectivity index (χ4v) is 0.595. The molecule has 0 saturated heterocycles. The lowest BCUT2D eigenvalue weighted by molar-refractivity contribution is -0.152. The number of ether oxygens (including phenoxy) is 1. The van der Waals surface area contributed by atoms with Gasteiger partial charge in [0.25, 0.3) is 0 Å². The highest BCUT2D eigenvalue weighted by atomic mass is 16.6. The van der Waals surface area contributed by atoms with Crippen molar-refractivity contribution < 1.29 is 14.3 Å². The first-order chi connectivity index (χ1) is 6.20.